The molecule has 0 aliphatic heterocycles. The van der Waals surface area contributed by atoms with Gasteiger partial charge in [0.25, 0.3) is 0 Å². The molecule has 0 fully saturated rings. The Morgan fingerprint density at radius 2 is 1.69 bits per heavy atom. The van der Waals surface area contributed by atoms with Crippen LogP contribution in [0.3, 0.4) is 0 Å². The third kappa shape index (κ3) is 4.29. The highest BCUT2D eigenvalue weighted by atomic mass is 35.5. The van der Waals surface area contributed by atoms with E-state index in [0.29, 0.717) is 32.0 Å². The van der Waals surface area contributed by atoms with E-state index in [0.717, 1.165) is 11.3 Å². The first-order chi connectivity index (χ1) is 14.1. The summed E-state index contributed by atoms with van der Waals surface area (Å²) in [6, 6.07) is 18.0. The molecule has 4 rings (SSSR count). The van der Waals surface area contributed by atoms with Gasteiger partial charge in [-0.25, -0.2) is 4.98 Å². The standard InChI is InChI=1S/C22H16ClN3O2S/c1-28-18-8-2-15(3-9-18)20(27)21-19(14-10-12-24-13-11-14)26-22(29-21)25-17-6-4-16(23)5-7-17/h2-13H,1H3,(H,25,26). The summed E-state index contributed by atoms with van der Waals surface area (Å²) in [7, 11) is 1.59. The minimum absolute atomic E-state index is 0.0962. The minimum atomic E-state index is -0.0962. The van der Waals surface area contributed by atoms with E-state index in [1.807, 2.05) is 24.3 Å². The predicted octanol–water partition coefficient (Wildman–Crippen LogP) is 5.84. The molecule has 0 bridgehead atoms. The summed E-state index contributed by atoms with van der Waals surface area (Å²) < 4.78 is 5.18. The third-order valence-corrected chi connectivity index (χ3v) is 5.46. The van der Waals surface area contributed by atoms with Crippen LogP contribution in [-0.2, 0) is 0 Å². The second-order valence-corrected chi connectivity index (χ2v) is 7.56. The molecule has 0 saturated heterocycles. The van der Waals surface area contributed by atoms with Crippen LogP contribution in [0.15, 0.2) is 73.1 Å². The van der Waals surface area contributed by atoms with E-state index in [1.54, 1.807) is 55.9 Å². The van der Waals surface area contributed by atoms with Crippen LogP contribution in [0.1, 0.15) is 15.2 Å². The Morgan fingerprint density at radius 3 is 2.34 bits per heavy atom. The highest BCUT2D eigenvalue weighted by molar-refractivity contribution is 7.18. The van der Waals surface area contributed by atoms with E-state index in [1.165, 1.54) is 11.3 Å². The normalized spacial score (nSPS) is 10.6. The maximum Gasteiger partial charge on any atom is 0.205 e. The van der Waals surface area contributed by atoms with Gasteiger partial charge in [-0.3, -0.25) is 9.78 Å². The summed E-state index contributed by atoms with van der Waals surface area (Å²) in [5.41, 5.74) is 2.86. The average Bonchev–Trinajstić information content (AvgIpc) is 3.19. The summed E-state index contributed by atoms with van der Waals surface area (Å²) in [5, 5.41) is 4.52. The largest absolute Gasteiger partial charge is 0.497 e. The molecule has 0 unspecified atom stereocenters. The summed E-state index contributed by atoms with van der Waals surface area (Å²) in [5.74, 6) is 0.603. The van der Waals surface area contributed by atoms with Crippen LogP contribution < -0.4 is 10.1 Å². The average molecular weight is 422 g/mol. The van der Waals surface area contributed by atoms with Gasteiger partial charge in [0.1, 0.15) is 10.6 Å². The van der Waals surface area contributed by atoms with Crippen molar-refractivity contribution in [2.45, 2.75) is 0 Å². The van der Waals surface area contributed by atoms with Gasteiger partial charge in [-0.1, -0.05) is 22.9 Å². The predicted molar refractivity (Wildman–Crippen MR) is 117 cm³/mol. The van der Waals surface area contributed by atoms with Crippen molar-refractivity contribution < 1.29 is 9.53 Å². The minimum Gasteiger partial charge on any atom is -0.497 e. The van der Waals surface area contributed by atoms with Crippen molar-refractivity contribution in [1.82, 2.24) is 9.97 Å². The van der Waals surface area contributed by atoms with E-state index >= 15 is 0 Å². The SMILES string of the molecule is COc1ccc(C(=O)c2sc(Nc3ccc(Cl)cc3)nc2-c2ccncc2)cc1. The number of carbonyl (C=O) groups is 1. The first-order valence-corrected chi connectivity index (χ1v) is 9.96. The fraction of sp³-hybridized carbons (Fsp3) is 0.0455. The number of thiazole rings is 1. The van der Waals surface area contributed by atoms with Crippen LogP contribution >= 0.6 is 22.9 Å². The molecule has 2 aromatic carbocycles. The van der Waals surface area contributed by atoms with Crippen molar-refractivity contribution in [3.05, 3.63) is 88.5 Å². The summed E-state index contributed by atoms with van der Waals surface area (Å²) in [6.45, 7) is 0. The van der Waals surface area contributed by atoms with Gasteiger partial charge < -0.3 is 10.1 Å². The number of hydrogen-bond acceptors (Lipinski definition) is 6. The maximum absolute atomic E-state index is 13.2. The number of nitrogens with zero attached hydrogens (tertiary/aromatic N) is 2. The number of methoxy groups -OCH3 is 1. The zero-order valence-corrected chi connectivity index (χ0v) is 17.0. The van der Waals surface area contributed by atoms with Crippen LogP contribution in [0.25, 0.3) is 11.3 Å². The summed E-state index contributed by atoms with van der Waals surface area (Å²) in [4.78, 5) is 22.5. The maximum atomic E-state index is 13.2. The van der Waals surface area contributed by atoms with Crippen LogP contribution in [0, 0.1) is 0 Å². The van der Waals surface area contributed by atoms with Crippen molar-refractivity contribution >= 4 is 39.5 Å². The second kappa shape index (κ2) is 8.43. The molecule has 4 aromatic rings. The van der Waals surface area contributed by atoms with Crippen molar-refractivity contribution in [2.75, 3.05) is 12.4 Å². The van der Waals surface area contributed by atoms with E-state index in [2.05, 4.69) is 15.3 Å². The molecule has 5 nitrogen and oxygen atoms in total. The Hall–Kier alpha value is -3.22. The zero-order valence-electron chi connectivity index (χ0n) is 15.4. The Bertz CT molecular complexity index is 1130. The van der Waals surface area contributed by atoms with Gasteiger partial charge in [0.15, 0.2) is 5.13 Å². The number of pyridine rings is 1. The smallest absolute Gasteiger partial charge is 0.205 e. The van der Waals surface area contributed by atoms with Gasteiger partial charge in [0.05, 0.1) is 12.8 Å². The van der Waals surface area contributed by atoms with Gasteiger partial charge in [-0.2, -0.15) is 0 Å². The van der Waals surface area contributed by atoms with Crippen LogP contribution in [0.5, 0.6) is 5.75 Å². The summed E-state index contributed by atoms with van der Waals surface area (Å²) >= 11 is 7.26. The number of ether oxygens (including phenoxy) is 1. The molecule has 2 aromatic heterocycles. The third-order valence-electron chi connectivity index (χ3n) is 4.23. The second-order valence-electron chi connectivity index (χ2n) is 6.12. The molecule has 0 spiro atoms. The number of aromatic nitrogens is 2. The van der Waals surface area contributed by atoms with Gasteiger partial charge in [0.2, 0.25) is 5.78 Å². The van der Waals surface area contributed by atoms with Gasteiger partial charge in [0, 0.05) is 34.2 Å². The molecule has 2 heterocycles. The highest BCUT2D eigenvalue weighted by Crippen LogP contribution is 2.34. The molecule has 1 N–H and O–H groups in total. The molecule has 0 atom stereocenters. The molecule has 7 heteroatoms. The number of hydrogen-bond donors (Lipinski definition) is 1. The van der Waals surface area contributed by atoms with Crippen LogP contribution in [0.4, 0.5) is 10.8 Å². The quantitative estimate of drug-likeness (QED) is 0.396. The van der Waals surface area contributed by atoms with E-state index in [4.69, 9.17) is 16.3 Å². The monoisotopic (exact) mass is 421 g/mol. The number of halogens is 1. The van der Waals surface area contributed by atoms with Gasteiger partial charge in [-0.15, -0.1) is 0 Å². The topological polar surface area (TPSA) is 64.1 Å². The molecular weight excluding hydrogens is 406 g/mol. The number of ketones is 1. The van der Waals surface area contributed by atoms with E-state index in [-0.39, 0.29) is 5.78 Å². The Morgan fingerprint density at radius 1 is 1.00 bits per heavy atom. The lowest BCUT2D eigenvalue weighted by molar-refractivity contribution is 0.104. The lowest BCUT2D eigenvalue weighted by atomic mass is 10.1. The lowest BCUT2D eigenvalue weighted by Gasteiger charge is -2.03. The number of benzene rings is 2. The van der Waals surface area contributed by atoms with Crippen LogP contribution in [0.2, 0.25) is 5.02 Å². The van der Waals surface area contributed by atoms with Crippen molar-refractivity contribution in [2.24, 2.45) is 0 Å². The van der Waals surface area contributed by atoms with E-state index in [9.17, 15) is 4.79 Å². The van der Waals surface area contributed by atoms with Crippen LogP contribution in [-0.4, -0.2) is 22.9 Å². The fourth-order valence-corrected chi connectivity index (χ4v) is 3.86. The highest BCUT2D eigenvalue weighted by Gasteiger charge is 2.21. The van der Waals surface area contributed by atoms with Gasteiger partial charge in [-0.05, 0) is 60.7 Å². The molecule has 0 amide bonds. The molecule has 144 valence electrons. The number of carbonyl (C=O) groups excluding carboxylic acids is 1. The molecule has 0 radical (unpaired) electrons. The molecule has 0 aliphatic rings. The number of anilines is 2. The van der Waals surface area contributed by atoms with Crippen molar-refractivity contribution in [1.29, 1.82) is 0 Å². The van der Waals surface area contributed by atoms with Crippen molar-refractivity contribution in [3.63, 3.8) is 0 Å². The molecule has 0 aliphatic carbocycles. The Kier molecular flexibility index (Phi) is 5.55. The molecular formula is C22H16ClN3O2S. The summed E-state index contributed by atoms with van der Waals surface area (Å²) in [6.07, 6.45) is 3.37. The Labute approximate surface area is 177 Å². The van der Waals surface area contributed by atoms with Gasteiger partial charge >= 0.3 is 0 Å². The van der Waals surface area contributed by atoms with Crippen molar-refractivity contribution in [3.8, 4) is 17.0 Å². The fourth-order valence-electron chi connectivity index (χ4n) is 2.76. The number of nitrogens with one attached hydrogen (secondary N) is 1. The molecule has 0 saturated carbocycles. The zero-order chi connectivity index (χ0) is 20.2. The van der Waals surface area contributed by atoms with E-state index < -0.39 is 0 Å². The first-order valence-electron chi connectivity index (χ1n) is 8.76. The Balaban J connectivity index is 1.73. The number of rotatable bonds is 6. The lowest BCUT2D eigenvalue weighted by Crippen LogP contribution is -2.01. The first kappa shape index (κ1) is 19.1. The molecule has 29 heavy (non-hydrogen) atoms.